The second kappa shape index (κ2) is 7.62. The van der Waals surface area contributed by atoms with Crippen LogP contribution in [0.25, 0.3) is 16.6 Å². The monoisotopic (exact) mass is 510 g/mol. The van der Waals surface area contributed by atoms with Crippen LogP contribution in [0.15, 0.2) is 46.1 Å². The highest BCUT2D eigenvalue weighted by Crippen LogP contribution is 2.36. The summed E-state index contributed by atoms with van der Waals surface area (Å²) in [4.78, 5) is 3.03. The van der Waals surface area contributed by atoms with Gasteiger partial charge in [-0.05, 0) is 24.3 Å². The van der Waals surface area contributed by atoms with Crippen LogP contribution in [0.3, 0.4) is 0 Å². The summed E-state index contributed by atoms with van der Waals surface area (Å²) in [6.07, 6.45) is -4.59. The van der Waals surface area contributed by atoms with Crippen molar-refractivity contribution in [3.8, 4) is 5.69 Å². The van der Waals surface area contributed by atoms with Gasteiger partial charge < -0.3 is 0 Å². The van der Waals surface area contributed by atoms with Gasteiger partial charge in [-0.15, -0.1) is 11.3 Å². The van der Waals surface area contributed by atoms with E-state index in [0.717, 1.165) is 46.4 Å². The van der Waals surface area contributed by atoms with Gasteiger partial charge in [0, 0.05) is 16.8 Å². The number of nitrogens with one attached hydrogen (secondary N) is 1. The lowest BCUT2D eigenvalue weighted by molar-refractivity contribution is -0.137. The van der Waals surface area contributed by atoms with Crippen LogP contribution >= 0.6 is 34.5 Å². The third kappa shape index (κ3) is 4.07. The van der Waals surface area contributed by atoms with Crippen molar-refractivity contribution < 1.29 is 26.0 Å². The third-order valence-corrected chi connectivity index (χ3v) is 6.69. The van der Waals surface area contributed by atoms with Crippen molar-refractivity contribution in [3.05, 3.63) is 62.8 Å². The van der Waals surface area contributed by atoms with Gasteiger partial charge in [0.2, 0.25) is 0 Å². The predicted molar refractivity (Wildman–Crippen MR) is 109 cm³/mol. The van der Waals surface area contributed by atoms with E-state index in [4.69, 9.17) is 23.2 Å². The molecule has 0 radical (unpaired) electrons. The lowest BCUT2D eigenvalue weighted by Gasteiger charge is -2.11. The Kier molecular flexibility index (Phi) is 5.36. The van der Waals surface area contributed by atoms with Crippen LogP contribution in [0.5, 0.6) is 0 Å². The van der Waals surface area contributed by atoms with Crippen LogP contribution in [-0.2, 0) is 16.2 Å². The minimum Gasteiger partial charge on any atom is -0.263 e. The van der Waals surface area contributed by atoms with Crippen LogP contribution in [0.4, 0.5) is 23.4 Å². The summed E-state index contributed by atoms with van der Waals surface area (Å²) in [6, 6.07) is 4.41. The number of aromatic nitrogens is 3. The van der Waals surface area contributed by atoms with Gasteiger partial charge in [0.25, 0.3) is 10.0 Å². The van der Waals surface area contributed by atoms with Gasteiger partial charge in [-0.1, -0.05) is 23.2 Å². The molecule has 14 heteroatoms. The number of hydrogen-bond donors (Lipinski definition) is 1. The number of fused-ring (bicyclic) bond motifs is 1. The predicted octanol–water partition coefficient (Wildman–Crippen LogP) is 5.75. The van der Waals surface area contributed by atoms with E-state index in [1.807, 2.05) is 0 Å². The number of nitrogens with zero attached hydrogens (tertiary/aromatic N) is 3. The zero-order chi connectivity index (χ0) is 22.6. The highest BCUT2D eigenvalue weighted by atomic mass is 35.5. The number of halogens is 6. The smallest absolute Gasteiger partial charge is 0.263 e. The lowest BCUT2D eigenvalue weighted by Crippen LogP contribution is -2.15. The molecule has 0 fully saturated rings. The van der Waals surface area contributed by atoms with Gasteiger partial charge in [0.15, 0.2) is 11.0 Å². The van der Waals surface area contributed by atoms with Crippen LogP contribution in [0.2, 0.25) is 10.2 Å². The van der Waals surface area contributed by atoms with E-state index < -0.39 is 32.5 Å². The quantitative estimate of drug-likeness (QED) is 0.354. The second-order valence-corrected chi connectivity index (χ2v) is 9.28. The van der Waals surface area contributed by atoms with E-state index in [1.54, 1.807) is 0 Å². The van der Waals surface area contributed by atoms with E-state index >= 15 is 0 Å². The number of anilines is 1. The maximum absolute atomic E-state index is 14.7. The maximum atomic E-state index is 14.7. The molecule has 0 aliphatic carbocycles. The first-order chi connectivity index (χ1) is 14.5. The molecule has 0 unspecified atom stereocenters. The molecule has 2 aromatic heterocycles. The SMILES string of the molecule is O=S(=O)(Nc1cscn1)c1cc(Cl)c(-n2nc(Cl)c3cc(C(F)(F)F)ccc32)cc1F. The summed E-state index contributed by atoms with van der Waals surface area (Å²) >= 11 is 13.3. The van der Waals surface area contributed by atoms with Gasteiger partial charge in [0.05, 0.1) is 27.3 Å². The minimum absolute atomic E-state index is 0.00919. The Bertz CT molecular complexity index is 1400. The van der Waals surface area contributed by atoms with Crippen LogP contribution in [0.1, 0.15) is 5.56 Å². The molecule has 4 aromatic rings. The Morgan fingerprint density at radius 3 is 2.52 bits per heavy atom. The van der Waals surface area contributed by atoms with E-state index in [1.165, 1.54) is 10.9 Å². The largest absolute Gasteiger partial charge is 0.416 e. The Hall–Kier alpha value is -2.41. The molecule has 0 bridgehead atoms. The molecule has 2 heterocycles. The number of thiazole rings is 1. The number of sulfonamides is 1. The molecule has 0 spiro atoms. The molecule has 162 valence electrons. The van der Waals surface area contributed by atoms with Crippen molar-refractivity contribution in [1.82, 2.24) is 14.8 Å². The van der Waals surface area contributed by atoms with Gasteiger partial charge in [-0.25, -0.2) is 22.5 Å². The van der Waals surface area contributed by atoms with Gasteiger partial charge in [-0.3, -0.25) is 4.72 Å². The summed E-state index contributed by atoms with van der Waals surface area (Å²) in [5.41, 5.74) is 0.466. The van der Waals surface area contributed by atoms with Crippen molar-refractivity contribution in [2.24, 2.45) is 0 Å². The fourth-order valence-electron chi connectivity index (χ4n) is 2.78. The molecule has 4 rings (SSSR count). The van der Waals surface area contributed by atoms with E-state index in [0.29, 0.717) is 0 Å². The molecule has 0 aliphatic rings. The number of benzene rings is 2. The second-order valence-electron chi connectivity index (χ2n) is 6.15. The maximum Gasteiger partial charge on any atom is 0.416 e. The van der Waals surface area contributed by atoms with Crippen molar-refractivity contribution in [2.45, 2.75) is 11.1 Å². The standard InChI is InChI=1S/C17H8Cl2F4N4O2S2/c18-10-4-14(31(28,29)26-15-6-30-7-24-15)11(20)5-13(10)27-12-2-1-8(17(21,22)23)3-9(12)16(19)25-27/h1-7,26H. The minimum atomic E-state index is -4.59. The van der Waals surface area contributed by atoms with Gasteiger partial charge in [-0.2, -0.15) is 18.3 Å². The molecule has 1 N–H and O–H groups in total. The molecule has 0 amide bonds. The Labute approximate surface area is 186 Å². The Morgan fingerprint density at radius 2 is 1.87 bits per heavy atom. The van der Waals surface area contributed by atoms with Gasteiger partial charge >= 0.3 is 6.18 Å². The summed E-state index contributed by atoms with van der Waals surface area (Å²) in [7, 11) is -4.34. The third-order valence-electron chi connectivity index (χ3n) is 4.15. The molecule has 0 saturated heterocycles. The zero-order valence-corrected chi connectivity index (χ0v) is 17.9. The molecule has 6 nitrogen and oxygen atoms in total. The van der Waals surface area contributed by atoms with Crippen LogP contribution < -0.4 is 4.72 Å². The average Bonchev–Trinajstić information content (AvgIpc) is 3.29. The van der Waals surface area contributed by atoms with Gasteiger partial charge in [0.1, 0.15) is 10.7 Å². The van der Waals surface area contributed by atoms with Crippen molar-refractivity contribution in [2.75, 3.05) is 4.72 Å². The first kappa shape index (κ1) is 21.8. The molecular formula is C17H8Cl2F4N4O2S2. The number of alkyl halides is 3. The summed E-state index contributed by atoms with van der Waals surface area (Å²) in [6.45, 7) is 0. The number of rotatable bonds is 4. The molecule has 31 heavy (non-hydrogen) atoms. The van der Waals surface area contributed by atoms with E-state index in [2.05, 4.69) is 14.8 Å². The summed E-state index contributed by atoms with van der Waals surface area (Å²) in [5.74, 6) is -1.15. The van der Waals surface area contributed by atoms with Crippen molar-refractivity contribution in [1.29, 1.82) is 0 Å². The van der Waals surface area contributed by atoms with Crippen molar-refractivity contribution >= 4 is 61.3 Å². The molecule has 0 saturated carbocycles. The highest BCUT2D eigenvalue weighted by molar-refractivity contribution is 7.92. The Morgan fingerprint density at radius 1 is 1.13 bits per heavy atom. The molecule has 2 aromatic carbocycles. The van der Waals surface area contributed by atoms with Crippen LogP contribution in [0, 0.1) is 5.82 Å². The van der Waals surface area contributed by atoms with Crippen LogP contribution in [-0.4, -0.2) is 23.2 Å². The normalized spacial score (nSPS) is 12.5. The first-order valence-electron chi connectivity index (χ1n) is 8.13. The Balaban J connectivity index is 1.81. The van der Waals surface area contributed by atoms with E-state index in [9.17, 15) is 26.0 Å². The summed E-state index contributed by atoms with van der Waals surface area (Å²) < 4.78 is 81.8. The number of hydrogen-bond acceptors (Lipinski definition) is 5. The first-order valence-corrected chi connectivity index (χ1v) is 11.3. The molecule has 0 atom stereocenters. The zero-order valence-electron chi connectivity index (χ0n) is 14.8. The van der Waals surface area contributed by atoms with Crippen molar-refractivity contribution in [3.63, 3.8) is 0 Å². The molecule has 0 aliphatic heterocycles. The lowest BCUT2D eigenvalue weighted by atomic mass is 10.1. The highest BCUT2D eigenvalue weighted by Gasteiger charge is 2.31. The average molecular weight is 511 g/mol. The topological polar surface area (TPSA) is 76.9 Å². The van der Waals surface area contributed by atoms with E-state index in [-0.39, 0.29) is 32.6 Å². The fraction of sp³-hybridized carbons (Fsp3) is 0.0588. The summed E-state index contributed by atoms with van der Waals surface area (Å²) in [5, 5.41) is 4.82. The molecular weight excluding hydrogens is 503 g/mol. The fourth-order valence-corrected chi connectivity index (χ4v) is 4.96.